The minimum absolute atomic E-state index is 0.264. The fourth-order valence-electron chi connectivity index (χ4n) is 4.44. The number of rotatable bonds is 11. The van der Waals surface area contributed by atoms with Crippen LogP contribution in [-0.2, 0) is 14.8 Å². The van der Waals surface area contributed by atoms with Crippen molar-refractivity contribution in [1.29, 1.82) is 0 Å². The van der Waals surface area contributed by atoms with E-state index in [2.05, 4.69) is 39.8 Å². The van der Waals surface area contributed by atoms with Gasteiger partial charge in [0.1, 0.15) is 18.2 Å². The van der Waals surface area contributed by atoms with Gasteiger partial charge in [-0.05, 0) is 25.1 Å². The van der Waals surface area contributed by atoms with Gasteiger partial charge in [0.15, 0.2) is 11.6 Å². The fraction of sp³-hybridized carbons (Fsp3) is 0.538. The standard InChI is InChI=1S/C26H38N6O5SSi/c1-18(24-27-14-21(36-4)15-28-24)19(2)38(33,34)31(12-13-39(5,6)7)26-30-29-25-22-10-8-9-11-23(22)37-17-20(16-35-3)32(25)26/h8-11,14-15,18-20H,12-13,16-17H2,1-7H3/t18?,19?,20-/m1/s1. The number of para-hydroxylation sites is 1. The van der Waals surface area contributed by atoms with Gasteiger partial charge in [-0.1, -0.05) is 38.7 Å². The molecule has 4 rings (SSSR count). The van der Waals surface area contributed by atoms with Crippen LogP contribution in [0, 0.1) is 0 Å². The fourth-order valence-corrected chi connectivity index (χ4v) is 7.23. The van der Waals surface area contributed by atoms with Crippen LogP contribution in [-0.4, -0.2) is 80.5 Å². The first-order valence-corrected chi connectivity index (χ1v) is 18.2. The lowest BCUT2D eigenvalue weighted by atomic mass is 10.1. The van der Waals surface area contributed by atoms with E-state index in [1.165, 1.54) is 11.4 Å². The summed E-state index contributed by atoms with van der Waals surface area (Å²) in [6.45, 7) is 11.1. The molecule has 0 fully saturated rings. The van der Waals surface area contributed by atoms with Crippen molar-refractivity contribution >= 4 is 24.0 Å². The smallest absolute Gasteiger partial charge is 0.241 e. The maximum Gasteiger partial charge on any atom is 0.241 e. The first-order chi connectivity index (χ1) is 18.5. The summed E-state index contributed by atoms with van der Waals surface area (Å²) < 4.78 is 48.8. The minimum atomic E-state index is -3.93. The molecular weight excluding hydrogens is 536 g/mol. The molecule has 3 aromatic rings. The summed E-state index contributed by atoms with van der Waals surface area (Å²) in [5, 5.41) is 8.15. The third kappa shape index (κ3) is 6.09. The van der Waals surface area contributed by atoms with Gasteiger partial charge in [-0.15, -0.1) is 10.2 Å². The lowest BCUT2D eigenvalue weighted by Gasteiger charge is -2.32. The van der Waals surface area contributed by atoms with Crippen LogP contribution in [0.2, 0.25) is 25.7 Å². The van der Waals surface area contributed by atoms with Gasteiger partial charge in [-0.25, -0.2) is 22.7 Å². The molecule has 212 valence electrons. The Kier molecular flexibility index (Phi) is 8.62. The molecule has 1 aliphatic heterocycles. The molecule has 0 saturated heterocycles. The van der Waals surface area contributed by atoms with Crippen molar-refractivity contribution in [2.45, 2.75) is 56.7 Å². The molecule has 0 radical (unpaired) electrons. The van der Waals surface area contributed by atoms with E-state index in [0.717, 1.165) is 11.6 Å². The van der Waals surface area contributed by atoms with E-state index in [1.807, 2.05) is 35.8 Å². The number of hydrogen-bond donors (Lipinski definition) is 0. The van der Waals surface area contributed by atoms with E-state index in [-0.39, 0.29) is 18.6 Å². The molecule has 0 amide bonds. The lowest BCUT2D eigenvalue weighted by Crippen LogP contribution is -2.44. The maximum atomic E-state index is 14.4. The summed E-state index contributed by atoms with van der Waals surface area (Å²) in [5.41, 5.74) is 0.755. The Balaban J connectivity index is 1.81. The molecule has 2 unspecified atom stereocenters. The van der Waals surface area contributed by atoms with E-state index in [9.17, 15) is 8.42 Å². The average molecular weight is 575 g/mol. The van der Waals surface area contributed by atoms with Crippen LogP contribution in [0.25, 0.3) is 11.4 Å². The highest BCUT2D eigenvalue weighted by molar-refractivity contribution is 7.93. The van der Waals surface area contributed by atoms with Gasteiger partial charge in [0.25, 0.3) is 0 Å². The highest BCUT2D eigenvalue weighted by Gasteiger charge is 2.40. The topological polar surface area (TPSA) is 122 Å². The summed E-state index contributed by atoms with van der Waals surface area (Å²) in [4.78, 5) is 8.71. The molecule has 1 aliphatic rings. The van der Waals surface area contributed by atoms with E-state index in [4.69, 9.17) is 14.2 Å². The SMILES string of the molecule is COC[C@@H]1COc2ccccc2-c2nnc(N(CC[Si](C)(C)C)S(=O)(=O)C(C)C(C)c3ncc(OC)cn3)n21. The van der Waals surface area contributed by atoms with Crippen LogP contribution in [0.5, 0.6) is 11.5 Å². The molecule has 1 aromatic carbocycles. The lowest BCUT2D eigenvalue weighted by molar-refractivity contribution is 0.126. The summed E-state index contributed by atoms with van der Waals surface area (Å²) >= 11 is 0. The number of hydrogen-bond acceptors (Lipinski definition) is 9. The van der Waals surface area contributed by atoms with Crippen molar-refractivity contribution in [2.75, 3.05) is 38.3 Å². The van der Waals surface area contributed by atoms with Crippen LogP contribution in [0.4, 0.5) is 5.95 Å². The number of anilines is 1. The molecule has 0 saturated carbocycles. The van der Waals surface area contributed by atoms with E-state index >= 15 is 0 Å². The molecular formula is C26H38N6O5SSi. The Morgan fingerprint density at radius 3 is 2.46 bits per heavy atom. The van der Waals surface area contributed by atoms with E-state index < -0.39 is 29.3 Å². The Labute approximate surface area is 231 Å². The van der Waals surface area contributed by atoms with Crippen LogP contribution < -0.4 is 13.8 Å². The number of aromatic nitrogens is 5. The summed E-state index contributed by atoms with van der Waals surface area (Å²) in [5.74, 6) is 1.94. The molecule has 0 bridgehead atoms. The molecule has 2 aromatic heterocycles. The highest BCUT2D eigenvalue weighted by Crippen LogP contribution is 2.38. The molecule has 0 aliphatic carbocycles. The zero-order chi connectivity index (χ0) is 28.4. The molecule has 3 heterocycles. The Bertz CT molecular complexity index is 1380. The average Bonchev–Trinajstić information content (AvgIpc) is 3.27. The zero-order valence-corrected chi connectivity index (χ0v) is 25.5. The summed E-state index contributed by atoms with van der Waals surface area (Å²) in [6, 6.07) is 7.99. The van der Waals surface area contributed by atoms with Crippen molar-refractivity contribution in [2.24, 2.45) is 0 Å². The molecule has 3 atom stereocenters. The van der Waals surface area contributed by atoms with E-state index in [0.29, 0.717) is 36.3 Å². The van der Waals surface area contributed by atoms with Crippen LogP contribution in [0.1, 0.15) is 31.6 Å². The molecule has 39 heavy (non-hydrogen) atoms. The number of methoxy groups -OCH3 is 2. The van der Waals surface area contributed by atoms with Crippen molar-refractivity contribution in [3.8, 4) is 22.9 Å². The summed E-state index contributed by atoms with van der Waals surface area (Å²) in [6.07, 6.45) is 3.10. The number of ether oxygens (including phenoxy) is 3. The first kappa shape index (κ1) is 29.0. The van der Waals surface area contributed by atoms with Gasteiger partial charge < -0.3 is 14.2 Å². The maximum absolute atomic E-state index is 14.4. The van der Waals surface area contributed by atoms with Crippen molar-refractivity contribution in [1.82, 2.24) is 24.7 Å². The Hall–Kier alpha value is -3.03. The third-order valence-corrected chi connectivity index (χ3v) is 11.1. The quantitative estimate of drug-likeness (QED) is 0.313. The molecule has 13 heteroatoms. The van der Waals surface area contributed by atoms with Gasteiger partial charge >= 0.3 is 0 Å². The minimum Gasteiger partial charge on any atom is -0.494 e. The van der Waals surface area contributed by atoms with Gasteiger partial charge in [0.2, 0.25) is 16.0 Å². The predicted octanol–water partition coefficient (Wildman–Crippen LogP) is 3.99. The molecule has 0 spiro atoms. The van der Waals surface area contributed by atoms with Crippen molar-refractivity contribution in [3.63, 3.8) is 0 Å². The molecule has 0 N–H and O–H groups in total. The number of fused-ring (bicyclic) bond motifs is 3. The van der Waals surface area contributed by atoms with Gasteiger partial charge in [0, 0.05) is 27.6 Å². The number of sulfonamides is 1. The van der Waals surface area contributed by atoms with Crippen LogP contribution in [0.15, 0.2) is 36.7 Å². The van der Waals surface area contributed by atoms with E-state index in [1.54, 1.807) is 26.4 Å². The van der Waals surface area contributed by atoms with Crippen molar-refractivity contribution in [3.05, 3.63) is 42.5 Å². The second-order valence-electron chi connectivity index (χ2n) is 11.0. The van der Waals surface area contributed by atoms with Gasteiger partial charge in [0.05, 0.1) is 43.0 Å². The number of nitrogens with zero attached hydrogens (tertiary/aromatic N) is 6. The van der Waals surface area contributed by atoms with Crippen LogP contribution >= 0.6 is 0 Å². The predicted molar refractivity (Wildman–Crippen MR) is 153 cm³/mol. The largest absolute Gasteiger partial charge is 0.494 e. The normalized spacial score (nSPS) is 16.8. The van der Waals surface area contributed by atoms with Gasteiger partial charge in [-0.3, -0.25) is 4.57 Å². The monoisotopic (exact) mass is 574 g/mol. The molecule has 11 nitrogen and oxygen atoms in total. The number of benzene rings is 1. The zero-order valence-electron chi connectivity index (χ0n) is 23.7. The third-order valence-electron chi connectivity index (χ3n) is 7.02. The Morgan fingerprint density at radius 2 is 1.82 bits per heavy atom. The summed E-state index contributed by atoms with van der Waals surface area (Å²) in [7, 11) is -2.42. The van der Waals surface area contributed by atoms with Crippen LogP contribution in [0.3, 0.4) is 0 Å². The van der Waals surface area contributed by atoms with Gasteiger partial charge in [-0.2, -0.15) is 0 Å². The second-order valence-corrected chi connectivity index (χ2v) is 18.8. The van der Waals surface area contributed by atoms with Crippen molar-refractivity contribution < 1.29 is 22.6 Å². The highest BCUT2D eigenvalue weighted by atomic mass is 32.2. The first-order valence-electron chi connectivity index (χ1n) is 13.0. The Morgan fingerprint density at radius 1 is 1.13 bits per heavy atom. The second kappa shape index (κ2) is 11.6.